The van der Waals surface area contributed by atoms with Gasteiger partial charge in [0.05, 0.1) is 36.9 Å². The largest absolute Gasteiger partial charge is 0.384 e. The van der Waals surface area contributed by atoms with Crippen LogP contribution >= 0.6 is 0 Å². The first-order valence-electron chi connectivity index (χ1n) is 9.30. The monoisotopic (exact) mass is 367 g/mol. The summed E-state index contributed by atoms with van der Waals surface area (Å²) in [6.45, 7) is 7.86. The zero-order valence-corrected chi connectivity index (χ0v) is 16.1. The van der Waals surface area contributed by atoms with Crippen molar-refractivity contribution in [2.75, 3.05) is 44.9 Å². The van der Waals surface area contributed by atoms with Crippen molar-refractivity contribution >= 4 is 11.5 Å². The van der Waals surface area contributed by atoms with Crippen molar-refractivity contribution in [3.05, 3.63) is 41.6 Å². The summed E-state index contributed by atoms with van der Waals surface area (Å²) in [6.07, 6.45) is 4.78. The lowest BCUT2D eigenvalue weighted by Gasteiger charge is -2.28. The van der Waals surface area contributed by atoms with E-state index in [4.69, 9.17) is 19.4 Å². The first-order valence-corrected chi connectivity index (χ1v) is 9.30. The number of morpholine rings is 1. The van der Waals surface area contributed by atoms with Crippen molar-refractivity contribution in [1.29, 1.82) is 0 Å². The molecule has 4 rings (SSSR count). The third-order valence-electron chi connectivity index (χ3n) is 4.85. The maximum absolute atomic E-state index is 5.49. The number of aryl methyl sites for hydroxylation is 2. The van der Waals surface area contributed by atoms with Crippen LogP contribution in [0.4, 0.5) is 5.82 Å². The average molecular weight is 367 g/mol. The zero-order chi connectivity index (χ0) is 18.8. The summed E-state index contributed by atoms with van der Waals surface area (Å²) in [5.41, 5.74) is 5.98. The van der Waals surface area contributed by atoms with Crippen molar-refractivity contribution in [3.8, 4) is 11.3 Å². The number of hydrogen-bond donors (Lipinski definition) is 0. The van der Waals surface area contributed by atoms with Crippen LogP contribution in [-0.4, -0.2) is 59.4 Å². The molecule has 0 unspecified atom stereocenters. The van der Waals surface area contributed by atoms with Crippen molar-refractivity contribution in [3.63, 3.8) is 0 Å². The Morgan fingerprint density at radius 3 is 2.67 bits per heavy atom. The van der Waals surface area contributed by atoms with Crippen LogP contribution < -0.4 is 4.90 Å². The van der Waals surface area contributed by atoms with Crippen LogP contribution in [0, 0.1) is 13.8 Å². The number of aromatic nitrogens is 4. The van der Waals surface area contributed by atoms with Gasteiger partial charge in [0.15, 0.2) is 11.5 Å². The van der Waals surface area contributed by atoms with Gasteiger partial charge in [0.2, 0.25) is 0 Å². The molecule has 1 aliphatic rings. The van der Waals surface area contributed by atoms with Crippen molar-refractivity contribution < 1.29 is 9.47 Å². The highest BCUT2D eigenvalue weighted by Gasteiger charge is 2.21. The number of anilines is 1. The van der Waals surface area contributed by atoms with Crippen LogP contribution in [0.15, 0.2) is 24.5 Å². The van der Waals surface area contributed by atoms with Crippen LogP contribution in [0.5, 0.6) is 0 Å². The Balaban J connectivity index is 1.77. The smallest absolute Gasteiger partial charge is 0.181 e. The van der Waals surface area contributed by atoms with Crippen LogP contribution in [-0.2, 0) is 15.9 Å². The van der Waals surface area contributed by atoms with Crippen molar-refractivity contribution in [2.45, 2.75) is 20.3 Å². The summed E-state index contributed by atoms with van der Waals surface area (Å²) in [5.74, 6) is 0.928. The van der Waals surface area contributed by atoms with Crippen molar-refractivity contribution in [1.82, 2.24) is 19.4 Å². The highest BCUT2D eigenvalue weighted by Crippen LogP contribution is 2.29. The molecule has 1 aliphatic heterocycles. The van der Waals surface area contributed by atoms with Gasteiger partial charge in [-0.3, -0.25) is 9.38 Å². The van der Waals surface area contributed by atoms with E-state index in [1.807, 2.05) is 26.2 Å². The van der Waals surface area contributed by atoms with E-state index >= 15 is 0 Å². The molecule has 0 atom stereocenters. The maximum Gasteiger partial charge on any atom is 0.181 e. The predicted octanol–water partition coefficient (Wildman–Crippen LogP) is 2.43. The van der Waals surface area contributed by atoms with Gasteiger partial charge in [0.25, 0.3) is 0 Å². The Bertz CT molecular complexity index is 930. The molecule has 0 bridgehead atoms. The SMILES string of the molecule is COCCc1ccc(-c2c(C)nc3c(N4CCOCC4)nc(C)cn23)cn1. The van der Waals surface area contributed by atoms with Gasteiger partial charge >= 0.3 is 0 Å². The highest BCUT2D eigenvalue weighted by molar-refractivity contribution is 5.73. The molecule has 0 saturated carbocycles. The third-order valence-corrected chi connectivity index (χ3v) is 4.85. The second-order valence-electron chi connectivity index (χ2n) is 6.83. The Hall–Kier alpha value is -2.51. The van der Waals surface area contributed by atoms with Gasteiger partial charge in [-0.25, -0.2) is 9.97 Å². The van der Waals surface area contributed by atoms with E-state index in [0.29, 0.717) is 6.61 Å². The van der Waals surface area contributed by atoms with Crippen LogP contribution in [0.2, 0.25) is 0 Å². The molecule has 3 aromatic rings. The molecule has 4 heterocycles. The van der Waals surface area contributed by atoms with Gasteiger partial charge in [0, 0.05) is 50.3 Å². The quantitative estimate of drug-likeness (QED) is 0.690. The third kappa shape index (κ3) is 3.52. The van der Waals surface area contributed by atoms with Gasteiger partial charge in [0.1, 0.15) is 0 Å². The summed E-state index contributed by atoms with van der Waals surface area (Å²) < 4.78 is 12.8. The van der Waals surface area contributed by atoms with E-state index in [1.165, 1.54) is 0 Å². The van der Waals surface area contributed by atoms with E-state index in [9.17, 15) is 0 Å². The summed E-state index contributed by atoms with van der Waals surface area (Å²) in [7, 11) is 1.71. The molecule has 0 aliphatic carbocycles. The van der Waals surface area contributed by atoms with Crippen LogP contribution in [0.25, 0.3) is 16.9 Å². The molecule has 0 N–H and O–H groups in total. The second-order valence-corrected chi connectivity index (χ2v) is 6.83. The molecule has 1 fully saturated rings. The zero-order valence-electron chi connectivity index (χ0n) is 16.1. The first-order chi connectivity index (χ1) is 13.2. The Morgan fingerprint density at radius 2 is 1.96 bits per heavy atom. The fourth-order valence-electron chi connectivity index (χ4n) is 3.52. The highest BCUT2D eigenvalue weighted by atomic mass is 16.5. The number of rotatable bonds is 5. The molecule has 142 valence electrons. The maximum atomic E-state index is 5.49. The molecule has 0 aromatic carbocycles. The van der Waals surface area contributed by atoms with E-state index in [-0.39, 0.29) is 0 Å². The lowest BCUT2D eigenvalue weighted by atomic mass is 10.1. The number of methoxy groups -OCH3 is 1. The second kappa shape index (κ2) is 7.62. The molecule has 0 spiro atoms. The number of imidazole rings is 1. The summed E-state index contributed by atoms with van der Waals surface area (Å²) >= 11 is 0. The van der Waals surface area contributed by atoms with E-state index in [2.05, 4.69) is 26.4 Å². The molecule has 0 amide bonds. The fourth-order valence-corrected chi connectivity index (χ4v) is 3.52. The lowest BCUT2D eigenvalue weighted by Crippen LogP contribution is -2.37. The number of ether oxygens (including phenoxy) is 2. The van der Waals surface area contributed by atoms with Crippen LogP contribution in [0.3, 0.4) is 0 Å². The molecule has 7 heteroatoms. The van der Waals surface area contributed by atoms with Crippen LogP contribution in [0.1, 0.15) is 17.1 Å². The van der Waals surface area contributed by atoms with Crippen molar-refractivity contribution in [2.24, 2.45) is 0 Å². The average Bonchev–Trinajstić information content (AvgIpc) is 3.02. The minimum atomic E-state index is 0.675. The molecule has 27 heavy (non-hydrogen) atoms. The number of nitrogens with zero attached hydrogens (tertiary/aromatic N) is 5. The summed E-state index contributed by atoms with van der Waals surface area (Å²) in [5, 5.41) is 0. The van der Waals surface area contributed by atoms with Gasteiger partial charge in [-0.15, -0.1) is 0 Å². The van der Waals surface area contributed by atoms with E-state index < -0.39 is 0 Å². The summed E-state index contributed by atoms with van der Waals surface area (Å²) in [6, 6.07) is 4.17. The topological polar surface area (TPSA) is 64.8 Å². The number of pyridine rings is 1. The molecular formula is C20H25N5O2. The Labute approximate surface area is 159 Å². The van der Waals surface area contributed by atoms with Gasteiger partial charge in [-0.1, -0.05) is 0 Å². The summed E-state index contributed by atoms with van der Waals surface area (Å²) in [4.78, 5) is 16.5. The Kier molecular flexibility index (Phi) is 5.05. The van der Waals surface area contributed by atoms with Gasteiger partial charge < -0.3 is 14.4 Å². The minimum Gasteiger partial charge on any atom is -0.384 e. The molecule has 3 aromatic heterocycles. The predicted molar refractivity (Wildman–Crippen MR) is 104 cm³/mol. The fraction of sp³-hybridized carbons (Fsp3) is 0.450. The number of fused-ring (bicyclic) bond motifs is 1. The Morgan fingerprint density at radius 1 is 1.15 bits per heavy atom. The van der Waals surface area contributed by atoms with E-state index in [0.717, 1.165) is 72.5 Å². The molecule has 0 radical (unpaired) electrons. The number of hydrogen-bond acceptors (Lipinski definition) is 6. The van der Waals surface area contributed by atoms with Gasteiger partial charge in [-0.2, -0.15) is 0 Å². The molecule has 1 saturated heterocycles. The normalized spacial score (nSPS) is 14.9. The minimum absolute atomic E-state index is 0.675. The van der Waals surface area contributed by atoms with Gasteiger partial charge in [-0.05, 0) is 26.0 Å². The van der Waals surface area contributed by atoms with E-state index in [1.54, 1.807) is 7.11 Å². The first kappa shape index (κ1) is 17.9. The molecular weight excluding hydrogens is 342 g/mol. The lowest BCUT2D eigenvalue weighted by molar-refractivity contribution is 0.122. The standard InChI is InChI=1S/C20H25N5O2/c1-14-13-25-18(16-4-5-17(21-12-16)6-9-26-3)15(2)23-20(25)19(22-14)24-7-10-27-11-8-24/h4-5,12-13H,6-11H2,1-3H3. The molecule has 7 nitrogen and oxygen atoms in total.